The molecule has 0 amide bonds. The van der Waals surface area contributed by atoms with E-state index < -0.39 is 0 Å². The first-order chi connectivity index (χ1) is 15.1. The van der Waals surface area contributed by atoms with Gasteiger partial charge in [-0.1, -0.05) is 36.9 Å². The van der Waals surface area contributed by atoms with Crippen LogP contribution in [0.15, 0.2) is 90.0 Å². The number of aryl methyl sites for hydroxylation is 2. The van der Waals surface area contributed by atoms with Crippen LogP contribution in [0.1, 0.15) is 24.1 Å². The molecule has 0 radical (unpaired) electrons. The van der Waals surface area contributed by atoms with Crippen LogP contribution in [0, 0.1) is 13.8 Å². The number of anilines is 3. The van der Waals surface area contributed by atoms with Crippen LogP contribution in [-0.4, -0.2) is 17.6 Å². The van der Waals surface area contributed by atoms with Gasteiger partial charge in [0.15, 0.2) is 0 Å². The number of pyridine rings is 1. The Morgan fingerprint density at radius 1 is 1.23 bits per heavy atom. The number of allylic oxidation sites excluding steroid dienone is 4. The number of nitrogens with one attached hydrogen (secondary N) is 2. The number of carbonyl (C=O) groups is 1. The zero-order valence-corrected chi connectivity index (χ0v) is 17.9. The molecule has 0 saturated carbocycles. The molecule has 0 atom stereocenters. The van der Waals surface area contributed by atoms with Gasteiger partial charge < -0.3 is 10.6 Å². The fourth-order valence-electron chi connectivity index (χ4n) is 3.27. The topological polar surface area (TPSA) is 69.6 Å². The number of aromatic nitrogens is 1. The van der Waals surface area contributed by atoms with Crippen LogP contribution in [0.3, 0.4) is 0 Å². The van der Waals surface area contributed by atoms with E-state index in [2.05, 4.69) is 34.4 Å². The molecule has 2 aromatic rings. The minimum absolute atomic E-state index is 0.628. The van der Waals surface area contributed by atoms with Gasteiger partial charge in [0.2, 0.25) is 0 Å². The van der Waals surface area contributed by atoms with Crippen LogP contribution in [0.2, 0.25) is 0 Å². The zero-order chi connectivity index (χ0) is 22.1. The summed E-state index contributed by atoms with van der Waals surface area (Å²) in [5.74, 6) is 1.36. The minimum atomic E-state index is 0.628. The molecular formula is C25H27N5O. The molecule has 1 aliphatic rings. The van der Waals surface area contributed by atoms with Crippen molar-refractivity contribution in [2.75, 3.05) is 10.2 Å². The molecule has 0 fully saturated rings. The second-order valence-corrected chi connectivity index (χ2v) is 6.99. The van der Waals surface area contributed by atoms with E-state index in [4.69, 9.17) is 4.98 Å². The van der Waals surface area contributed by atoms with Gasteiger partial charge in [0, 0.05) is 23.7 Å². The fourth-order valence-corrected chi connectivity index (χ4v) is 3.27. The minimum Gasteiger partial charge on any atom is -0.345 e. The summed E-state index contributed by atoms with van der Waals surface area (Å²) in [7, 11) is 0. The number of para-hydroxylation sites is 1. The van der Waals surface area contributed by atoms with Crippen molar-refractivity contribution in [1.82, 2.24) is 10.3 Å². The van der Waals surface area contributed by atoms with Crippen LogP contribution >= 0.6 is 0 Å². The van der Waals surface area contributed by atoms with Gasteiger partial charge in [-0.25, -0.2) is 9.98 Å². The monoisotopic (exact) mass is 413 g/mol. The maximum Gasteiger partial charge on any atom is 0.146 e. The highest BCUT2D eigenvalue weighted by Crippen LogP contribution is 2.32. The van der Waals surface area contributed by atoms with Gasteiger partial charge in [-0.3, -0.25) is 9.69 Å². The summed E-state index contributed by atoms with van der Waals surface area (Å²) in [4.78, 5) is 22.3. The number of hydrogen-bond acceptors (Lipinski definition) is 5. The maximum atomic E-state index is 11.5. The number of aliphatic imine (C=N–C) groups is 1. The van der Waals surface area contributed by atoms with Gasteiger partial charge in [0.05, 0.1) is 17.7 Å². The first kappa shape index (κ1) is 21.8. The number of carbonyl (C=O) groups excluding carboxylic acids is 1. The van der Waals surface area contributed by atoms with Crippen LogP contribution in [0.25, 0.3) is 0 Å². The molecule has 0 spiro atoms. The molecule has 6 heteroatoms. The Labute approximate surface area is 183 Å². The lowest BCUT2D eigenvalue weighted by molar-refractivity contribution is -0.104. The summed E-state index contributed by atoms with van der Waals surface area (Å²) in [5.41, 5.74) is 4.45. The smallest absolute Gasteiger partial charge is 0.146 e. The molecule has 1 aliphatic carbocycles. The fraction of sp³-hybridized carbons (Fsp3) is 0.160. The Bertz CT molecular complexity index is 1050. The van der Waals surface area contributed by atoms with Crippen LogP contribution < -0.4 is 15.5 Å². The molecule has 0 saturated heterocycles. The summed E-state index contributed by atoms with van der Waals surface area (Å²) in [5, 5.41) is 6.53. The molecule has 2 N–H and O–H groups in total. The normalized spacial score (nSPS) is 13.6. The summed E-state index contributed by atoms with van der Waals surface area (Å²) >= 11 is 0. The Balaban J connectivity index is 2.08. The zero-order valence-electron chi connectivity index (χ0n) is 17.9. The predicted molar refractivity (Wildman–Crippen MR) is 128 cm³/mol. The van der Waals surface area contributed by atoms with E-state index >= 15 is 0 Å². The Morgan fingerprint density at radius 3 is 2.71 bits per heavy atom. The third-order valence-corrected chi connectivity index (χ3v) is 4.74. The summed E-state index contributed by atoms with van der Waals surface area (Å²) < 4.78 is 0. The molecule has 0 bridgehead atoms. The van der Waals surface area contributed by atoms with Gasteiger partial charge >= 0.3 is 0 Å². The Hall–Kier alpha value is -3.93. The largest absolute Gasteiger partial charge is 0.345 e. The van der Waals surface area contributed by atoms with E-state index in [0.29, 0.717) is 5.82 Å². The Kier molecular flexibility index (Phi) is 7.54. The number of nitrogens with zero attached hydrogens (tertiary/aromatic N) is 3. The molecule has 3 rings (SSSR count). The van der Waals surface area contributed by atoms with Crippen LogP contribution in [0.5, 0.6) is 0 Å². The van der Waals surface area contributed by atoms with Crippen molar-refractivity contribution in [3.8, 4) is 0 Å². The van der Waals surface area contributed by atoms with Crippen molar-refractivity contribution >= 4 is 29.8 Å². The predicted octanol–water partition coefficient (Wildman–Crippen LogP) is 5.28. The van der Waals surface area contributed by atoms with E-state index in [0.717, 1.165) is 53.3 Å². The first-order valence-electron chi connectivity index (χ1n) is 10.2. The summed E-state index contributed by atoms with van der Waals surface area (Å²) in [6.45, 7) is 7.50. The first-order valence-corrected chi connectivity index (χ1v) is 10.2. The number of benzene rings is 1. The molecule has 1 aromatic carbocycles. The third kappa shape index (κ3) is 5.57. The van der Waals surface area contributed by atoms with Crippen molar-refractivity contribution in [1.29, 1.82) is 0 Å². The van der Waals surface area contributed by atoms with Gasteiger partial charge in [-0.2, -0.15) is 0 Å². The van der Waals surface area contributed by atoms with Crippen molar-refractivity contribution in [2.45, 2.75) is 26.7 Å². The van der Waals surface area contributed by atoms with E-state index in [9.17, 15) is 4.79 Å². The SMILES string of the molecule is C=CN=CNc1cc(C)c(N(/C(=C\C=O)NC2=CCCC=C2)c2ccccc2)nc1C. The highest BCUT2D eigenvalue weighted by atomic mass is 16.1. The average molecular weight is 414 g/mol. The van der Waals surface area contributed by atoms with Crippen LogP contribution in [-0.2, 0) is 4.79 Å². The molecule has 6 nitrogen and oxygen atoms in total. The van der Waals surface area contributed by atoms with Gasteiger partial charge in [0.1, 0.15) is 17.9 Å². The third-order valence-electron chi connectivity index (χ3n) is 4.74. The standard InChI is InChI=1S/C25H27N5O/c1-4-26-18-27-23-17-19(2)25(28-20(23)3)30(22-13-9-6-10-14-22)24(15-16-31)29-21-11-7-5-8-12-21/h4,6-7,9-18,29H,1,5,8H2,2-3H3,(H,26,27)/b24-15-. The van der Waals surface area contributed by atoms with Crippen LogP contribution in [0.4, 0.5) is 17.2 Å². The molecule has 1 heterocycles. The molecule has 1 aromatic heterocycles. The number of hydrogen-bond donors (Lipinski definition) is 2. The van der Waals surface area contributed by atoms with Gasteiger partial charge in [-0.15, -0.1) is 0 Å². The van der Waals surface area contributed by atoms with Crippen molar-refractivity contribution in [2.24, 2.45) is 4.99 Å². The highest BCUT2D eigenvalue weighted by molar-refractivity contribution is 5.80. The maximum absolute atomic E-state index is 11.5. The molecule has 0 unspecified atom stereocenters. The Morgan fingerprint density at radius 2 is 2.03 bits per heavy atom. The highest BCUT2D eigenvalue weighted by Gasteiger charge is 2.20. The van der Waals surface area contributed by atoms with E-state index in [-0.39, 0.29) is 0 Å². The number of rotatable bonds is 9. The van der Waals surface area contributed by atoms with E-state index in [1.807, 2.05) is 61.2 Å². The summed E-state index contributed by atoms with van der Waals surface area (Å²) in [6.07, 6.45) is 13.6. The summed E-state index contributed by atoms with van der Waals surface area (Å²) in [6, 6.07) is 11.9. The number of aldehydes is 1. The van der Waals surface area contributed by atoms with Gasteiger partial charge in [-0.05, 0) is 56.5 Å². The van der Waals surface area contributed by atoms with Crippen molar-refractivity contribution in [3.05, 3.63) is 96.3 Å². The lowest BCUT2D eigenvalue weighted by atomic mass is 10.1. The van der Waals surface area contributed by atoms with Gasteiger partial charge in [0.25, 0.3) is 0 Å². The quantitative estimate of drug-likeness (QED) is 0.253. The second-order valence-electron chi connectivity index (χ2n) is 6.99. The van der Waals surface area contributed by atoms with E-state index in [1.54, 1.807) is 6.34 Å². The molecule has 31 heavy (non-hydrogen) atoms. The van der Waals surface area contributed by atoms with E-state index in [1.165, 1.54) is 12.3 Å². The lowest BCUT2D eigenvalue weighted by Gasteiger charge is -2.29. The molecular weight excluding hydrogens is 386 g/mol. The van der Waals surface area contributed by atoms with Crippen molar-refractivity contribution < 1.29 is 4.79 Å². The lowest BCUT2D eigenvalue weighted by Crippen LogP contribution is -2.29. The molecule has 0 aliphatic heterocycles. The van der Waals surface area contributed by atoms with Crippen molar-refractivity contribution in [3.63, 3.8) is 0 Å². The second kappa shape index (κ2) is 10.7. The average Bonchev–Trinajstić information content (AvgIpc) is 2.78. The molecule has 158 valence electrons.